The SMILES string of the molecule is CCOCc1nc(NC)cc(NCc2ncn(C)n2)n1. The fourth-order valence-electron chi connectivity index (χ4n) is 1.61. The average molecular weight is 277 g/mol. The van der Waals surface area contributed by atoms with E-state index in [1.165, 1.54) is 0 Å². The zero-order chi connectivity index (χ0) is 14.4. The highest BCUT2D eigenvalue weighted by molar-refractivity contribution is 5.47. The summed E-state index contributed by atoms with van der Waals surface area (Å²) in [4.78, 5) is 12.9. The van der Waals surface area contributed by atoms with Gasteiger partial charge >= 0.3 is 0 Å². The molecule has 0 unspecified atom stereocenters. The number of nitrogens with one attached hydrogen (secondary N) is 2. The van der Waals surface area contributed by atoms with Crippen molar-refractivity contribution in [1.29, 1.82) is 0 Å². The Bertz CT molecular complexity index is 554. The first-order valence-corrected chi connectivity index (χ1v) is 6.43. The van der Waals surface area contributed by atoms with E-state index in [0.29, 0.717) is 37.2 Å². The highest BCUT2D eigenvalue weighted by Crippen LogP contribution is 2.12. The summed E-state index contributed by atoms with van der Waals surface area (Å²) in [7, 11) is 3.65. The van der Waals surface area contributed by atoms with Crippen molar-refractivity contribution in [2.45, 2.75) is 20.1 Å². The van der Waals surface area contributed by atoms with Crippen LogP contribution in [0.4, 0.5) is 11.6 Å². The molecule has 0 aliphatic carbocycles. The van der Waals surface area contributed by atoms with E-state index in [4.69, 9.17) is 4.74 Å². The summed E-state index contributed by atoms with van der Waals surface area (Å²) < 4.78 is 6.99. The van der Waals surface area contributed by atoms with Crippen molar-refractivity contribution < 1.29 is 4.74 Å². The minimum atomic E-state index is 0.391. The van der Waals surface area contributed by atoms with Crippen molar-refractivity contribution in [1.82, 2.24) is 24.7 Å². The Morgan fingerprint density at radius 3 is 2.70 bits per heavy atom. The molecule has 0 bridgehead atoms. The number of aromatic nitrogens is 5. The van der Waals surface area contributed by atoms with E-state index in [-0.39, 0.29) is 0 Å². The van der Waals surface area contributed by atoms with Crippen LogP contribution in [0.5, 0.6) is 0 Å². The molecule has 108 valence electrons. The monoisotopic (exact) mass is 277 g/mol. The summed E-state index contributed by atoms with van der Waals surface area (Å²) in [5.74, 6) is 2.80. The molecule has 0 aliphatic rings. The molecule has 0 fully saturated rings. The van der Waals surface area contributed by atoms with E-state index in [1.54, 1.807) is 11.0 Å². The van der Waals surface area contributed by atoms with Crippen molar-refractivity contribution in [2.24, 2.45) is 7.05 Å². The number of ether oxygens (including phenoxy) is 1. The summed E-state index contributed by atoms with van der Waals surface area (Å²) in [5.41, 5.74) is 0. The molecular weight excluding hydrogens is 258 g/mol. The molecule has 0 atom stereocenters. The molecular formula is C12H19N7O. The highest BCUT2D eigenvalue weighted by atomic mass is 16.5. The van der Waals surface area contributed by atoms with Crippen LogP contribution in [-0.4, -0.2) is 38.4 Å². The lowest BCUT2D eigenvalue weighted by Crippen LogP contribution is -2.08. The standard InChI is InChI=1S/C12H19N7O/c1-4-20-7-12-16-9(13-2)5-10(17-12)14-6-11-15-8-19(3)18-11/h5,8H,4,6-7H2,1-3H3,(H2,13,14,16,17). The van der Waals surface area contributed by atoms with Gasteiger partial charge in [-0.15, -0.1) is 0 Å². The number of rotatable bonds is 7. The van der Waals surface area contributed by atoms with Crippen LogP contribution in [0.15, 0.2) is 12.4 Å². The third kappa shape index (κ3) is 3.89. The van der Waals surface area contributed by atoms with Crippen LogP contribution >= 0.6 is 0 Å². The summed E-state index contributed by atoms with van der Waals surface area (Å²) in [6.45, 7) is 3.47. The van der Waals surface area contributed by atoms with Gasteiger partial charge in [0.25, 0.3) is 0 Å². The van der Waals surface area contributed by atoms with E-state index in [0.717, 1.165) is 5.82 Å². The Morgan fingerprint density at radius 2 is 2.05 bits per heavy atom. The maximum Gasteiger partial charge on any atom is 0.169 e. The molecule has 8 heteroatoms. The van der Waals surface area contributed by atoms with E-state index in [9.17, 15) is 0 Å². The first-order chi connectivity index (χ1) is 9.71. The molecule has 0 amide bonds. The van der Waals surface area contributed by atoms with E-state index in [2.05, 4.69) is 30.7 Å². The lowest BCUT2D eigenvalue weighted by Gasteiger charge is -2.08. The third-order valence-electron chi connectivity index (χ3n) is 2.54. The molecule has 2 N–H and O–H groups in total. The predicted octanol–water partition coefficient (Wildman–Crippen LogP) is 0.795. The number of aryl methyl sites for hydroxylation is 1. The fraction of sp³-hybridized carbons (Fsp3) is 0.500. The van der Waals surface area contributed by atoms with Gasteiger partial charge in [0.05, 0.1) is 6.54 Å². The second-order valence-corrected chi connectivity index (χ2v) is 4.13. The van der Waals surface area contributed by atoms with Crippen molar-refractivity contribution in [2.75, 3.05) is 24.3 Å². The molecule has 2 aromatic rings. The van der Waals surface area contributed by atoms with Gasteiger partial charge in [-0.3, -0.25) is 4.68 Å². The lowest BCUT2D eigenvalue weighted by molar-refractivity contribution is 0.128. The Kier molecular flexibility index (Phi) is 4.83. The summed E-state index contributed by atoms with van der Waals surface area (Å²) in [6, 6.07) is 1.83. The zero-order valence-corrected chi connectivity index (χ0v) is 11.9. The van der Waals surface area contributed by atoms with Crippen LogP contribution in [-0.2, 0) is 24.9 Å². The van der Waals surface area contributed by atoms with E-state index in [1.807, 2.05) is 27.1 Å². The molecule has 0 saturated carbocycles. The molecule has 8 nitrogen and oxygen atoms in total. The van der Waals surface area contributed by atoms with Gasteiger partial charge in [-0.25, -0.2) is 15.0 Å². The van der Waals surface area contributed by atoms with Gasteiger partial charge in [0.15, 0.2) is 11.6 Å². The van der Waals surface area contributed by atoms with E-state index < -0.39 is 0 Å². The average Bonchev–Trinajstić information content (AvgIpc) is 2.88. The smallest absolute Gasteiger partial charge is 0.169 e. The Morgan fingerprint density at radius 1 is 1.25 bits per heavy atom. The highest BCUT2D eigenvalue weighted by Gasteiger charge is 2.05. The topological polar surface area (TPSA) is 89.8 Å². The Labute approximate surface area is 117 Å². The summed E-state index contributed by atoms with van der Waals surface area (Å²) in [5, 5.41) is 10.4. The maximum absolute atomic E-state index is 5.33. The number of hydrogen-bond donors (Lipinski definition) is 2. The van der Waals surface area contributed by atoms with Gasteiger partial charge in [-0.05, 0) is 6.92 Å². The number of anilines is 2. The van der Waals surface area contributed by atoms with Gasteiger partial charge in [-0.2, -0.15) is 5.10 Å². The largest absolute Gasteiger partial charge is 0.374 e. The van der Waals surface area contributed by atoms with Crippen molar-refractivity contribution in [3.63, 3.8) is 0 Å². The van der Waals surface area contributed by atoms with Crippen LogP contribution in [0, 0.1) is 0 Å². The summed E-state index contributed by atoms with van der Waals surface area (Å²) in [6.07, 6.45) is 1.66. The zero-order valence-electron chi connectivity index (χ0n) is 11.9. The van der Waals surface area contributed by atoms with Crippen molar-refractivity contribution in [3.8, 4) is 0 Å². The molecule has 0 radical (unpaired) electrons. The fourth-order valence-corrected chi connectivity index (χ4v) is 1.61. The second-order valence-electron chi connectivity index (χ2n) is 4.13. The second kappa shape index (κ2) is 6.80. The molecule has 20 heavy (non-hydrogen) atoms. The Balaban J connectivity index is 2.05. The molecule has 0 aromatic carbocycles. The van der Waals surface area contributed by atoms with Crippen molar-refractivity contribution in [3.05, 3.63) is 24.0 Å². The molecule has 2 aromatic heterocycles. The van der Waals surface area contributed by atoms with Crippen LogP contribution in [0.25, 0.3) is 0 Å². The van der Waals surface area contributed by atoms with Crippen LogP contribution in [0.2, 0.25) is 0 Å². The van der Waals surface area contributed by atoms with Crippen LogP contribution in [0.3, 0.4) is 0 Å². The summed E-state index contributed by atoms with van der Waals surface area (Å²) >= 11 is 0. The minimum absolute atomic E-state index is 0.391. The van der Waals surface area contributed by atoms with E-state index >= 15 is 0 Å². The molecule has 0 spiro atoms. The van der Waals surface area contributed by atoms with Gasteiger partial charge in [0.2, 0.25) is 0 Å². The van der Waals surface area contributed by atoms with Gasteiger partial charge in [0.1, 0.15) is 24.6 Å². The number of nitrogens with zero attached hydrogens (tertiary/aromatic N) is 5. The first-order valence-electron chi connectivity index (χ1n) is 6.43. The first kappa shape index (κ1) is 14.2. The molecule has 2 heterocycles. The number of hydrogen-bond acceptors (Lipinski definition) is 7. The van der Waals surface area contributed by atoms with Crippen LogP contribution < -0.4 is 10.6 Å². The quantitative estimate of drug-likeness (QED) is 0.773. The van der Waals surface area contributed by atoms with Crippen molar-refractivity contribution >= 4 is 11.6 Å². The predicted molar refractivity (Wildman–Crippen MR) is 75.2 cm³/mol. The van der Waals surface area contributed by atoms with Gasteiger partial charge in [0, 0.05) is 26.8 Å². The minimum Gasteiger partial charge on any atom is -0.374 e. The van der Waals surface area contributed by atoms with Crippen LogP contribution in [0.1, 0.15) is 18.6 Å². The molecule has 2 rings (SSSR count). The Hall–Kier alpha value is -2.22. The van der Waals surface area contributed by atoms with Gasteiger partial charge in [-0.1, -0.05) is 0 Å². The molecule has 0 saturated heterocycles. The lowest BCUT2D eigenvalue weighted by atomic mass is 10.4. The normalized spacial score (nSPS) is 10.6. The van der Waals surface area contributed by atoms with Gasteiger partial charge < -0.3 is 15.4 Å². The molecule has 0 aliphatic heterocycles. The third-order valence-corrected chi connectivity index (χ3v) is 2.54. The maximum atomic E-state index is 5.33.